The Hall–Kier alpha value is -1.94. The highest BCUT2D eigenvalue weighted by molar-refractivity contribution is 5.93. The Kier molecular flexibility index (Phi) is 5.05. The monoisotopic (exact) mass is 338 g/mol. The molecule has 2 heterocycles. The fourth-order valence-corrected chi connectivity index (χ4v) is 1.94. The Labute approximate surface area is 128 Å². The lowest BCUT2D eigenvalue weighted by molar-refractivity contribution is -0.141. The number of carboxylic acid groups (broad SMARTS) is 1. The van der Waals surface area contributed by atoms with E-state index in [9.17, 15) is 22.4 Å². The number of nitrogens with one attached hydrogen (secondary N) is 1. The number of halogens is 4. The molecular weight excluding hydrogens is 324 g/mol. The lowest BCUT2D eigenvalue weighted by Gasteiger charge is -2.23. The number of hydrogen-bond acceptors (Lipinski definition) is 5. The Morgan fingerprint density at radius 1 is 1.30 bits per heavy atom. The van der Waals surface area contributed by atoms with E-state index in [2.05, 4.69) is 10.3 Å². The van der Waals surface area contributed by atoms with Crippen molar-refractivity contribution in [2.24, 2.45) is 0 Å². The maximum atomic E-state index is 14.5. The highest BCUT2D eigenvalue weighted by Crippen LogP contribution is 2.30. The van der Waals surface area contributed by atoms with Gasteiger partial charge in [0.25, 0.3) is 0 Å². The number of nitrogens with zero attached hydrogens (tertiary/aromatic N) is 1. The van der Waals surface area contributed by atoms with E-state index in [1.807, 2.05) is 0 Å². The van der Waals surface area contributed by atoms with E-state index in [1.54, 1.807) is 0 Å². The van der Waals surface area contributed by atoms with Crippen LogP contribution in [-0.4, -0.2) is 54.7 Å². The van der Waals surface area contributed by atoms with Crippen molar-refractivity contribution >= 4 is 11.8 Å². The van der Waals surface area contributed by atoms with E-state index in [0.29, 0.717) is 6.07 Å². The summed E-state index contributed by atoms with van der Waals surface area (Å²) in [5, 5.41) is 11.3. The first-order chi connectivity index (χ1) is 10.7. The van der Waals surface area contributed by atoms with Crippen LogP contribution < -0.4 is 5.32 Å². The second-order valence-corrected chi connectivity index (χ2v) is 5.01. The first kappa shape index (κ1) is 17.4. The van der Waals surface area contributed by atoms with Gasteiger partial charge < -0.3 is 19.9 Å². The smallest absolute Gasteiger partial charge is 0.433 e. The van der Waals surface area contributed by atoms with Crippen LogP contribution >= 0.6 is 0 Å². The summed E-state index contributed by atoms with van der Waals surface area (Å²) in [6.45, 7) is -0.730. The predicted octanol–water partition coefficient (Wildman–Crippen LogP) is 1.97. The van der Waals surface area contributed by atoms with Gasteiger partial charge in [0.15, 0.2) is 5.67 Å². The zero-order valence-electron chi connectivity index (χ0n) is 11.8. The standard InChI is InChI=1S/C13H14F4N2O4/c14-12(6-22-3-4-23-7-12)5-18-10-8(11(20)21)1-2-9(19-10)13(15,16)17/h1-2H,3-7H2,(H,18,19)(H,20,21). The lowest BCUT2D eigenvalue weighted by atomic mass is 10.1. The zero-order valence-corrected chi connectivity index (χ0v) is 11.8. The number of aromatic carboxylic acids is 1. The van der Waals surface area contributed by atoms with Crippen LogP contribution in [0.4, 0.5) is 23.4 Å². The van der Waals surface area contributed by atoms with Crippen LogP contribution in [0.5, 0.6) is 0 Å². The Balaban J connectivity index is 2.21. The molecule has 23 heavy (non-hydrogen) atoms. The number of ether oxygens (including phenoxy) is 2. The molecule has 6 nitrogen and oxygen atoms in total. The van der Waals surface area contributed by atoms with Gasteiger partial charge in [-0.2, -0.15) is 13.2 Å². The van der Waals surface area contributed by atoms with Gasteiger partial charge in [-0.25, -0.2) is 14.2 Å². The summed E-state index contributed by atoms with van der Waals surface area (Å²) in [4.78, 5) is 14.3. The van der Waals surface area contributed by atoms with E-state index in [-0.39, 0.29) is 26.4 Å². The Morgan fingerprint density at radius 2 is 1.91 bits per heavy atom. The SMILES string of the molecule is O=C(O)c1ccc(C(F)(F)F)nc1NCC1(F)COCCOC1. The number of rotatable bonds is 4. The zero-order chi connectivity index (χ0) is 17.1. The molecule has 2 N–H and O–H groups in total. The fraction of sp³-hybridized carbons (Fsp3) is 0.538. The van der Waals surface area contributed by atoms with E-state index >= 15 is 0 Å². The minimum Gasteiger partial charge on any atom is -0.478 e. The molecule has 2 rings (SSSR count). The van der Waals surface area contributed by atoms with Crippen molar-refractivity contribution in [3.05, 3.63) is 23.4 Å². The van der Waals surface area contributed by atoms with Crippen LogP contribution in [0.1, 0.15) is 16.1 Å². The summed E-state index contributed by atoms with van der Waals surface area (Å²) in [5.41, 5.74) is -3.76. The normalized spacial score (nSPS) is 18.3. The maximum absolute atomic E-state index is 14.5. The van der Waals surface area contributed by atoms with Crippen LogP contribution in [0.2, 0.25) is 0 Å². The van der Waals surface area contributed by atoms with E-state index in [0.717, 1.165) is 6.07 Å². The van der Waals surface area contributed by atoms with Crippen molar-refractivity contribution in [1.29, 1.82) is 0 Å². The maximum Gasteiger partial charge on any atom is 0.433 e. The summed E-state index contributed by atoms with van der Waals surface area (Å²) >= 11 is 0. The summed E-state index contributed by atoms with van der Waals surface area (Å²) in [7, 11) is 0. The molecule has 0 saturated carbocycles. The van der Waals surface area contributed by atoms with Crippen LogP contribution in [-0.2, 0) is 15.7 Å². The fourth-order valence-electron chi connectivity index (χ4n) is 1.94. The van der Waals surface area contributed by atoms with Gasteiger partial charge in [0.1, 0.15) is 17.1 Å². The van der Waals surface area contributed by atoms with Crippen LogP contribution in [0, 0.1) is 0 Å². The molecule has 1 aliphatic rings. The van der Waals surface area contributed by atoms with Gasteiger partial charge >= 0.3 is 12.1 Å². The van der Waals surface area contributed by atoms with Crippen LogP contribution in [0.3, 0.4) is 0 Å². The number of pyridine rings is 1. The number of carboxylic acids is 1. The largest absolute Gasteiger partial charge is 0.478 e. The molecule has 0 bridgehead atoms. The first-order valence-corrected chi connectivity index (χ1v) is 6.61. The van der Waals surface area contributed by atoms with Crippen molar-refractivity contribution in [3.8, 4) is 0 Å². The molecule has 0 amide bonds. The van der Waals surface area contributed by atoms with E-state index in [4.69, 9.17) is 14.6 Å². The highest BCUT2D eigenvalue weighted by atomic mass is 19.4. The Bertz CT molecular complexity index is 572. The summed E-state index contributed by atoms with van der Waals surface area (Å²) in [6, 6.07) is 1.32. The topological polar surface area (TPSA) is 80.7 Å². The van der Waals surface area contributed by atoms with E-state index < -0.39 is 41.4 Å². The van der Waals surface area contributed by atoms with E-state index in [1.165, 1.54) is 0 Å². The number of alkyl halides is 4. The van der Waals surface area contributed by atoms with Gasteiger partial charge in [-0.05, 0) is 12.1 Å². The molecule has 0 atom stereocenters. The third kappa shape index (κ3) is 4.52. The molecule has 10 heteroatoms. The molecule has 1 saturated heterocycles. The number of anilines is 1. The third-order valence-corrected chi connectivity index (χ3v) is 3.08. The van der Waals surface area contributed by atoms with Gasteiger partial charge in [0, 0.05) is 0 Å². The molecule has 1 fully saturated rings. The van der Waals surface area contributed by atoms with Gasteiger partial charge in [0.2, 0.25) is 0 Å². The van der Waals surface area contributed by atoms with Crippen LogP contribution in [0.25, 0.3) is 0 Å². The molecule has 1 aromatic rings. The molecule has 0 radical (unpaired) electrons. The van der Waals surface area contributed by atoms with Gasteiger partial charge in [0.05, 0.1) is 33.0 Å². The lowest BCUT2D eigenvalue weighted by Crippen LogP contribution is -2.40. The summed E-state index contributed by atoms with van der Waals surface area (Å²) in [6.07, 6.45) is -4.74. The molecular formula is C13H14F4N2O4. The average Bonchev–Trinajstić information content (AvgIpc) is 2.69. The first-order valence-electron chi connectivity index (χ1n) is 6.61. The molecule has 0 aliphatic carbocycles. The van der Waals surface area contributed by atoms with Gasteiger partial charge in [-0.15, -0.1) is 0 Å². The Morgan fingerprint density at radius 3 is 2.43 bits per heavy atom. The summed E-state index contributed by atoms with van der Waals surface area (Å²) in [5.74, 6) is -2.04. The van der Waals surface area contributed by atoms with Crippen molar-refractivity contribution in [2.75, 3.05) is 38.3 Å². The second-order valence-electron chi connectivity index (χ2n) is 5.01. The number of aromatic nitrogens is 1. The number of hydrogen-bond donors (Lipinski definition) is 2. The van der Waals surface area contributed by atoms with Gasteiger partial charge in [-0.1, -0.05) is 0 Å². The molecule has 1 aliphatic heterocycles. The van der Waals surface area contributed by atoms with Crippen molar-refractivity contribution in [2.45, 2.75) is 11.8 Å². The average molecular weight is 338 g/mol. The van der Waals surface area contributed by atoms with Gasteiger partial charge in [-0.3, -0.25) is 0 Å². The highest BCUT2D eigenvalue weighted by Gasteiger charge is 2.35. The molecule has 1 aromatic heterocycles. The van der Waals surface area contributed by atoms with Crippen molar-refractivity contribution in [3.63, 3.8) is 0 Å². The minimum absolute atomic E-state index is 0.202. The van der Waals surface area contributed by atoms with Crippen molar-refractivity contribution in [1.82, 2.24) is 4.98 Å². The third-order valence-electron chi connectivity index (χ3n) is 3.08. The second kappa shape index (κ2) is 6.67. The van der Waals surface area contributed by atoms with Crippen molar-refractivity contribution < 1.29 is 36.9 Å². The summed E-state index contributed by atoms with van der Waals surface area (Å²) < 4.78 is 62.5. The predicted molar refractivity (Wildman–Crippen MR) is 70.2 cm³/mol. The van der Waals surface area contributed by atoms with Crippen LogP contribution in [0.15, 0.2) is 12.1 Å². The molecule has 0 unspecified atom stereocenters. The quantitative estimate of drug-likeness (QED) is 0.817. The molecule has 0 spiro atoms. The number of carbonyl (C=O) groups is 1. The molecule has 0 aromatic carbocycles. The minimum atomic E-state index is -4.74. The molecule has 128 valence electrons.